The molecular formula is C21H22FN3O3S2. The fourth-order valence-electron chi connectivity index (χ4n) is 3.49. The summed E-state index contributed by atoms with van der Waals surface area (Å²) in [5, 5.41) is 4.05. The van der Waals surface area contributed by atoms with Crippen molar-refractivity contribution in [1.29, 1.82) is 0 Å². The van der Waals surface area contributed by atoms with Crippen molar-refractivity contribution in [3.63, 3.8) is 0 Å². The van der Waals surface area contributed by atoms with Gasteiger partial charge in [-0.25, -0.2) is 9.37 Å². The summed E-state index contributed by atoms with van der Waals surface area (Å²) >= 11 is 2.85. The molecule has 2 heterocycles. The minimum atomic E-state index is -0.366. The number of rotatable bonds is 7. The molecular weight excluding hydrogens is 425 g/mol. The van der Waals surface area contributed by atoms with Crippen LogP contribution < -0.4 is 15.6 Å². The van der Waals surface area contributed by atoms with E-state index in [0.717, 1.165) is 35.9 Å². The molecule has 1 amide bonds. The number of hydrogen-bond donors (Lipinski definition) is 1. The first-order valence-electron chi connectivity index (χ1n) is 9.82. The largest absolute Gasteiger partial charge is 0.492 e. The monoisotopic (exact) mass is 447 g/mol. The quantitative estimate of drug-likeness (QED) is 0.342. The summed E-state index contributed by atoms with van der Waals surface area (Å²) in [4.78, 5) is 31.7. The van der Waals surface area contributed by atoms with Gasteiger partial charge in [-0.1, -0.05) is 17.8 Å². The van der Waals surface area contributed by atoms with Crippen LogP contribution in [0.15, 0.2) is 34.2 Å². The van der Waals surface area contributed by atoms with Crippen LogP contribution in [-0.2, 0) is 24.7 Å². The first-order valence-corrected chi connectivity index (χ1v) is 11.6. The lowest BCUT2D eigenvalue weighted by atomic mass is 9.97. The highest BCUT2D eigenvalue weighted by molar-refractivity contribution is 7.99. The molecule has 0 bridgehead atoms. The third-order valence-corrected chi connectivity index (χ3v) is 7.19. The number of fused-ring (bicyclic) bond motifs is 3. The molecule has 0 atom stereocenters. The Labute approximate surface area is 181 Å². The predicted molar refractivity (Wildman–Crippen MR) is 117 cm³/mol. The van der Waals surface area contributed by atoms with Crippen LogP contribution in [0.4, 0.5) is 4.39 Å². The fraction of sp³-hybridized carbons (Fsp3) is 0.381. The number of benzene rings is 1. The third-order valence-electron chi connectivity index (χ3n) is 4.98. The Morgan fingerprint density at radius 2 is 2.20 bits per heavy atom. The number of thioether (sulfide) groups is 1. The zero-order valence-corrected chi connectivity index (χ0v) is 18.2. The molecule has 1 aliphatic rings. The minimum Gasteiger partial charge on any atom is -0.492 e. The van der Waals surface area contributed by atoms with E-state index in [1.807, 2.05) is 0 Å². The zero-order chi connectivity index (χ0) is 21.1. The van der Waals surface area contributed by atoms with E-state index in [9.17, 15) is 14.0 Å². The normalized spacial score (nSPS) is 13.3. The second-order valence-electron chi connectivity index (χ2n) is 7.09. The summed E-state index contributed by atoms with van der Waals surface area (Å²) < 4.78 is 20.1. The van der Waals surface area contributed by atoms with Gasteiger partial charge in [-0.15, -0.1) is 11.3 Å². The second-order valence-corrected chi connectivity index (χ2v) is 9.12. The number of amides is 1. The summed E-state index contributed by atoms with van der Waals surface area (Å²) in [5.41, 5.74) is 1.13. The van der Waals surface area contributed by atoms with Gasteiger partial charge >= 0.3 is 0 Å². The lowest BCUT2D eigenvalue weighted by Gasteiger charge is -2.11. The maximum absolute atomic E-state index is 13.1. The highest BCUT2D eigenvalue weighted by Gasteiger charge is 2.21. The molecule has 1 aromatic carbocycles. The van der Waals surface area contributed by atoms with E-state index in [4.69, 9.17) is 4.74 Å². The van der Waals surface area contributed by atoms with E-state index in [0.29, 0.717) is 17.5 Å². The van der Waals surface area contributed by atoms with Crippen LogP contribution in [0.1, 0.15) is 23.3 Å². The zero-order valence-electron chi connectivity index (χ0n) is 16.6. The van der Waals surface area contributed by atoms with Crippen molar-refractivity contribution in [2.45, 2.75) is 30.8 Å². The Kier molecular flexibility index (Phi) is 6.38. The van der Waals surface area contributed by atoms with Gasteiger partial charge in [0.25, 0.3) is 5.56 Å². The first kappa shape index (κ1) is 20.9. The highest BCUT2D eigenvalue weighted by Crippen LogP contribution is 2.34. The SMILES string of the molecule is Cn1c(SCC(=O)NCCOc2cccc(F)c2)nc2sc3c(c2c1=O)CCCC3. The number of nitrogens with zero attached hydrogens (tertiary/aromatic N) is 2. The number of aryl methyl sites for hydroxylation is 2. The summed E-state index contributed by atoms with van der Waals surface area (Å²) in [6, 6.07) is 5.86. The maximum Gasteiger partial charge on any atom is 0.262 e. The molecule has 1 aliphatic carbocycles. The molecule has 0 saturated heterocycles. The number of nitrogens with one attached hydrogen (secondary N) is 1. The topological polar surface area (TPSA) is 73.2 Å². The van der Waals surface area contributed by atoms with Gasteiger partial charge in [-0.05, 0) is 43.4 Å². The van der Waals surface area contributed by atoms with Gasteiger partial charge in [0.05, 0.1) is 17.7 Å². The summed E-state index contributed by atoms with van der Waals surface area (Å²) in [5.74, 6) is 0.0265. The first-order chi connectivity index (χ1) is 14.5. The Morgan fingerprint density at radius 3 is 3.03 bits per heavy atom. The number of carbonyl (C=O) groups excluding carboxylic acids is 1. The summed E-state index contributed by atoms with van der Waals surface area (Å²) in [7, 11) is 1.70. The third kappa shape index (κ3) is 4.52. The summed E-state index contributed by atoms with van der Waals surface area (Å²) in [6.45, 7) is 0.544. The average molecular weight is 448 g/mol. The van der Waals surface area contributed by atoms with Crippen molar-refractivity contribution < 1.29 is 13.9 Å². The van der Waals surface area contributed by atoms with Crippen molar-refractivity contribution in [3.8, 4) is 5.75 Å². The molecule has 0 unspecified atom stereocenters. The van der Waals surface area contributed by atoms with E-state index < -0.39 is 0 Å². The molecule has 4 rings (SSSR count). The van der Waals surface area contributed by atoms with Crippen molar-refractivity contribution >= 4 is 39.2 Å². The van der Waals surface area contributed by atoms with Gasteiger partial charge in [-0.2, -0.15) is 0 Å². The fourth-order valence-corrected chi connectivity index (χ4v) is 5.60. The van der Waals surface area contributed by atoms with Gasteiger partial charge in [0, 0.05) is 18.0 Å². The molecule has 30 heavy (non-hydrogen) atoms. The molecule has 3 aromatic rings. The highest BCUT2D eigenvalue weighted by atomic mass is 32.2. The molecule has 9 heteroatoms. The lowest BCUT2D eigenvalue weighted by molar-refractivity contribution is -0.118. The van der Waals surface area contributed by atoms with E-state index in [2.05, 4.69) is 10.3 Å². The van der Waals surface area contributed by atoms with Crippen molar-refractivity contribution in [3.05, 3.63) is 50.9 Å². The van der Waals surface area contributed by atoms with Crippen LogP contribution >= 0.6 is 23.1 Å². The maximum atomic E-state index is 13.1. The lowest BCUT2D eigenvalue weighted by Crippen LogP contribution is -2.30. The van der Waals surface area contributed by atoms with Gasteiger partial charge in [0.2, 0.25) is 5.91 Å². The molecule has 6 nitrogen and oxygen atoms in total. The predicted octanol–water partition coefficient (Wildman–Crippen LogP) is 3.30. The molecule has 0 radical (unpaired) electrons. The van der Waals surface area contributed by atoms with Crippen LogP contribution in [0.25, 0.3) is 10.2 Å². The molecule has 0 aliphatic heterocycles. The Bertz CT molecular complexity index is 1140. The molecule has 0 spiro atoms. The van der Waals surface area contributed by atoms with E-state index in [-0.39, 0.29) is 29.6 Å². The number of thiophene rings is 1. The van der Waals surface area contributed by atoms with E-state index >= 15 is 0 Å². The van der Waals surface area contributed by atoms with Crippen LogP contribution in [0.5, 0.6) is 5.75 Å². The molecule has 0 fully saturated rings. The average Bonchev–Trinajstić information content (AvgIpc) is 3.11. The van der Waals surface area contributed by atoms with Crippen LogP contribution in [0.3, 0.4) is 0 Å². The van der Waals surface area contributed by atoms with Gasteiger partial charge in [-0.3, -0.25) is 14.2 Å². The second kappa shape index (κ2) is 9.18. The Morgan fingerprint density at radius 1 is 1.37 bits per heavy atom. The smallest absolute Gasteiger partial charge is 0.262 e. The van der Waals surface area contributed by atoms with Crippen molar-refractivity contribution in [2.24, 2.45) is 7.05 Å². The Hall–Kier alpha value is -2.39. The van der Waals surface area contributed by atoms with Crippen molar-refractivity contribution in [1.82, 2.24) is 14.9 Å². The molecule has 0 saturated carbocycles. The van der Waals surface area contributed by atoms with Crippen LogP contribution in [0.2, 0.25) is 0 Å². The summed E-state index contributed by atoms with van der Waals surface area (Å²) in [6.07, 6.45) is 4.23. The van der Waals surface area contributed by atoms with Crippen LogP contribution in [0, 0.1) is 5.82 Å². The van der Waals surface area contributed by atoms with Gasteiger partial charge in [0.15, 0.2) is 5.16 Å². The van der Waals surface area contributed by atoms with E-state index in [1.165, 1.54) is 38.9 Å². The number of carbonyl (C=O) groups is 1. The van der Waals surface area contributed by atoms with Gasteiger partial charge in [0.1, 0.15) is 23.0 Å². The van der Waals surface area contributed by atoms with Crippen LogP contribution in [-0.4, -0.2) is 34.4 Å². The number of aromatic nitrogens is 2. The van der Waals surface area contributed by atoms with Gasteiger partial charge < -0.3 is 10.1 Å². The molecule has 1 N–H and O–H groups in total. The standard InChI is InChI=1S/C21H22FN3O3S2/c1-25-20(27)18-15-7-2-3-8-16(15)30-19(18)24-21(25)29-12-17(26)23-9-10-28-14-6-4-5-13(22)11-14/h4-6,11H,2-3,7-10,12H2,1H3,(H,23,26). The minimum absolute atomic E-state index is 0.0363. The van der Waals surface area contributed by atoms with E-state index in [1.54, 1.807) is 30.5 Å². The van der Waals surface area contributed by atoms with Crippen molar-refractivity contribution in [2.75, 3.05) is 18.9 Å². The number of ether oxygens (including phenoxy) is 1. The molecule has 158 valence electrons. The Balaban J connectivity index is 1.33. The number of hydrogen-bond acceptors (Lipinski definition) is 6. The number of halogens is 1. The molecule has 2 aromatic heterocycles.